The van der Waals surface area contributed by atoms with Gasteiger partial charge in [0, 0.05) is 24.9 Å². The lowest BCUT2D eigenvalue weighted by Crippen LogP contribution is -2.11. The number of aromatic nitrogens is 1. The van der Waals surface area contributed by atoms with Crippen LogP contribution in [0.25, 0.3) is 0 Å². The van der Waals surface area contributed by atoms with Crippen molar-refractivity contribution >= 4 is 11.5 Å². The third kappa shape index (κ3) is 1.66. The average Bonchev–Trinajstić information content (AvgIpc) is 2.07. The third-order valence-electron chi connectivity index (χ3n) is 1.39. The molecule has 12 heavy (non-hydrogen) atoms. The van der Waals surface area contributed by atoms with Gasteiger partial charge in [0.05, 0.1) is 0 Å². The second-order valence-corrected chi connectivity index (χ2v) is 2.24. The van der Waals surface area contributed by atoms with Crippen molar-refractivity contribution in [3.05, 3.63) is 30.1 Å². The first-order chi connectivity index (χ1) is 5.75. The van der Waals surface area contributed by atoms with Crippen LogP contribution in [-0.2, 0) is 4.79 Å². The van der Waals surface area contributed by atoms with Crippen LogP contribution in [0.3, 0.4) is 0 Å². The van der Waals surface area contributed by atoms with Crippen molar-refractivity contribution in [3.8, 4) is 0 Å². The Bertz CT molecular complexity index is 306. The molecule has 0 atom stereocenters. The fourth-order valence-corrected chi connectivity index (χ4v) is 0.841. The van der Waals surface area contributed by atoms with E-state index in [-0.39, 0.29) is 11.5 Å². The fraction of sp³-hybridized carbons (Fsp3) is 0.125. The van der Waals surface area contributed by atoms with Crippen molar-refractivity contribution in [2.75, 3.05) is 0 Å². The van der Waals surface area contributed by atoms with Crippen LogP contribution < -0.4 is 0 Å². The number of carbonyl (C=O) groups excluding carboxylic acids is 1. The van der Waals surface area contributed by atoms with Gasteiger partial charge in [-0.3, -0.25) is 9.78 Å². The van der Waals surface area contributed by atoms with E-state index in [4.69, 9.17) is 5.21 Å². The first-order valence-corrected chi connectivity index (χ1v) is 3.39. The molecule has 4 heteroatoms. The summed E-state index contributed by atoms with van der Waals surface area (Å²) >= 11 is 0. The number of ketones is 1. The van der Waals surface area contributed by atoms with Crippen LogP contribution in [0.1, 0.15) is 12.5 Å². The van der Waals surface area contributed by atoms with Crippen LogP contribution >= 0.6 is 0 Å². The minimum absolute atomic E-state index is 0.0531. The zero-order valence-corrected chi connectivity index (χ0v) is 6.56. The Morgan fingerprint density at radius 2 is 2.08 bits per heavy atom. The smallest absolute Gasteiger partial charge is 0.182 e. The van der Waals surface area contributed by atoms with Gasteiger partial charge >= 0.3 is 0 Å². The summed E-state index contributed by atoms with van der Waals surface area (Å²) in [6.45, 7) is 1.34. The minimum Gasteiger partial charge on any atom is -0.410 e. The van der Waals surface area contributed by atoms with Gasteiger partial charge < -0.3 is 5.21 Å². The molecule has 0 aliphatic carbocycles. The Balaban J connectivity index is 3.05. The maximum Gasteiger partial charge on any atom is 0.182 e. The molecule has 4 nitrogen and oxygen atoms in total. The molecule has 1 heterocycles. The molecule has 0 amide bonds. The molecule has 1 rings (SSSR count). The molecule has 62 valence electrons. The van der Waals surface area contributed by atoms with Gasteiger partial charge in [-0.25, -0.2) is 0 Å². The summed E-state index contributed by atoms with van der Waals surface area (Å²) in [7, 11) is 0. The Kier molecular flexibility index (Phi) is 2.53. The molecule has 1 N–H and O–H groups in total. The molecule has 1 aromatic rings. The molecule has 1 aromatic heterocycles. The number of pyridine rings is 1. The summed E-state index contributed by atoms with van der Waals surface area (Å²) in [5.74, 6) is -0.274. The Labute approximate surface area is 69.6 Å². The third-order valence-corrected chi connectivity index (χ3v) is 1.39. The van der Waals surface area contributed by atoms with Crippen molar-refractivity contribution in [2.24, 2.45) is 5.16 Å². The maximum absolute atomic E-state index is 10.9. The average molecular weight is 164 g/mol. The summed E-state index contributed by atoms with van der Waals surface area (Å²) in [4.78, 5) is 14.6. The topological polar surface area (TPSA) is 62.5 Å². The summed E-state index contributed by atoms with van der Waals surface area (Å²) in [5.41, 5.74) is 0.623. The number of nitrogens with zero attached hydrogens (tertiary/aromatic N) is 2. The Morgan fingerprint density at radius 1 is 1.50 bits per heavy atom. The highest BCUT2D eigenvalue weighted by Crippen LogP contribution is 1.99. The zero-order chi connectivity index (χ0) is 8.97. The van der Waals surface area contributed by atoms with Crippen molar-refractivity contribution < 1.29 is 10.0 Å². The lowest BCUT2D eigenvalue weighted by molar-refractivity contribution is -0.111. The van der Waals surface area contributed by atoms with E-state index in [1.54, 1.807) is 12.1 Å². The van der Waals surface area contributed by atoms with E-state index in [1.807, 2.05) is 0 Å². The molecule has 0 bridgehead atoms. The van der Waals surface area contributed by atoms with Crippen LogP contribution in [0.2, 0.25) is 0 Å². The monoisotopic (exact) mass is 164 g/mol. The molecule has 0 aliphatic heterocycles. The largest absolute Gasteiger partial charge is 0.410 e. The molecular weight excluding hydrogens is 156 g/mol. The predicted octanol–water partition coefficient (Wildman–Crippen LogP) is 0.849. The summed E-state index contributed by atoms with van der Waals surface area (Å²) < 4.78 is 0. The highest BCUT2D eigenvalue weighted by molar-refractivity contribution is 6.45. The van der Waals surface area contributed by atoms with Gasteiger partial charge in [-0.2, -0.15) is 0 Å². The number of Topliss-reactive ketones (excluding diaryl/α,β-unsaturated/α-hetero) is 1. The van der Waals surface area contributed by atoms with Gasteiger partial charge in [0.1, 0.15) is 0 Å². The molecule has 0 aromatic carbocycles. The van der Waals surface area contributed by atoms with E-state index in [2.05, 4.69) is 10.1 Å². The van der Waals surface area contributed by atoms with Gasteiger partial charge in [0.15, 0.2) is 11.5 Å². The van der Waals surface area contributed by atoms with Crippen LogP contribution in [0.4, 0.5) is 0 Å². The highest BCUT2D eigenvalue weighted by Gasteiger charge is 2.08. The first kappa shape index (κ1) is 8.39. The molecule has 0 aliphatic rings. The molecule has 0 spiro atoms. The van der Waals surface area contributed by atoms with Crippen LogP contribution in [0.15, 0.2) is 29.7 Å². The number of rotatable bonds is 2. The second-order valence-electron chi connectivity index (χ2n) is 2.24. The lowest BCUT2D eigenvalue weighted by Gasteiger charge is -1.97. The quantitative estimate of drug-likeness (QED) is 0.400. The van der Waals surface area contributed by atoms with E-state index in [0.29, 0.717) is 5.56 Å². The summed E-state index contributed by atoms with van der Waals surface area (Å²) in [6.07, 6.45) is 3.06. The Morgan fingerprint density at radius 3 is 2.50 bits per heavy atom. The minimum atomic E-state index is -0.274. The number of oxime groups is 1. The molecule has 0 saturated heterocycles. The summed E-state index contributed by atoms with van der Waals surface area (Å²) in [6, 6.07) is 3.22. The number of hydrogen-bond acceptors (Lipinski definition) is 4. The fourth-order valence-electron chi connectivity index (χ4n) is 0.841. The zero-order valence-electron chi connectivity index (χ0n) is 6.56. The molecule has 0 radical (unpaired) electrons. The van der Waals surface area contributed by atoms with Gasteiger partial charge in [0.25, 0.3) is 0 Å². The van der Waals surface area contributed by atoms with E-state index < -0.39 is 0 Å². The molecular formula is C8H8N2O2. The molecule has 0 unspecified atom stereocenters. The van der Waals surface area contributed by atoms with E-state index in [9.17, 15) is 4.79 Å². The lowest BCUT2D eigenvalue weighted by atomic mass is 10.1. The molecule has 0 saturated carbocycles. The molecule has 0 fully saturated rings. The van der Waals surface area contributed by atoms with Crippen LogP contribution in [0.5, 0.6) is 0 Å². The Hall–Kier alpha value is -1.71. The van der Waals surface area contributed by atoms with Crippen LogP contribution in [-0.4, -0.2) is 21.7 Å². The normalized spacial score (nSPS) is 11.2. The van der Waals surface area contributed by atoms with E-state index in [1.165, 1.54) is 19.3 Å². The van der Waals surface area contributed by atoms with E-state index in [0.717, 1.165) is 0 Å². The first-order valence-electron chi connectivity index (χ1n) is 3.39. The predicted molar refractivity (Wildman–Crippen MR) is 43.2 cm³/mol. The highest BCUT2D eigenvalue weighted by atomic mass is 16.4. The van der Waals surface area contributed by atoms with Gasteiger partial charge in [-0.05, 0) is 12.1 Å². The number of carbonyl (C=O) groups is 1. The van der Waals surface area contributed by atoms with Crippen LogP contribution in [0, 0.1) is 0 Å². The standard InChI is InChI=1S/C8H8N2O2/c1-6(11)8(10-12)7-2-4-9-5-3-7/h2-5,12H,1H3. The van der Waals surface area contributed by atoms with Crippen molar-refractivity contribution in [1.29, 1.82) is 0 Å². The van der Waals surface area contributed by atoms with Gasteiger partial charge in [0.2, 0.25) is 0 Å². The number of hydrogen-bond donors (Lipinski definition) is 1. The maximum atomic E-state index is 10.9. The van der Waals surface area contributed by atoms with Gasteiger partial charge in [-0.1, -0.05) is 5.16 Å². The van der Waals surface area contributed by atoms with Gasteiger partial charge in [-0.15, -0.1) is 0 Å². The SMILES string of the molecule is CC(=O)C(=NO)c1ccncc1. The second kappa shape index (κ2) is 3.61. The summed E-state index contributed by atoms with van der Waals surface area (Å²) in [5, 5.41) is 11.4. The van der Waals surface area contributed by atoms with Crippen molar-refractivity contribution in [3.63, 3.8) is 0 Å². The van der Waals surface area contributed by atoms with Crippen molar-refractivity contribution in [2.45, 2.75) is 6.92 Å². The van der Waals surface area contributed by atoms with Crippen molar-refractivity contribution in [1.82, 2.24) is 4.98 Å². The van der Waals surface area contributed by atoms with E-state index >= 15 is 0 Å².